The largest absolute Gasteiger partial charge is 0.370 e. The summed E-state index contributed by atoms with van der Waals surface area (Å²) in [5, 5.41) is 9.41. The lowest BCUT2D eigenvalue weighted by atomic mass is 10.1. The third-order valence-corrected chi connectivity index (χ3v) is 5.04. The quantitative estimate of drug-likeness (QED) is 0.385. The van der Waals surface area contributed by atoms with E-state index in [0.29, 0.717) is 23.9 Å². The van der Waals surface area contributed by atoms with Crippen LogP contribution in [0, 0.1) is 6.92 Å². The van der Waals surface area contributed by atoms with E-state index in [1.54, 1.807) is 6.08 Å². The van der Waals surface area contributed by atoms with E-state index in [4.69, 9.17) is 17.3 Å². The van der Waals surface area contributed by atoms with Gasteiger partial charge in [-0.3, -0.25) is 0 Å². The van der Waals surface area contributed by atoms with E-state index in [-0.39, 0.29) is 12.0 Å². The van der Waals surface area contributed by atoms with Crippen LogP contribution >= 0.6 is 11.6 Å². The van der Waals surface area contributed by atoms with E-state index in [1.807, 2.05) is 55.5 Å². The van der Waals surface area contributed by atoms with Gasteiger partial charge >= 0.3 is 6.03 Å². The first-order valence-electron chi connectivity index (χ1n) is 9.85. The molecule has 0 aliphatic carbocycles. The van der Waals surface area contributed by atoms with Crippen molar-refractivity contribution < 1.29 is 4.79 Å². The minimum atomic E-state index is -0.263. The molecule has 0 saturated heterocycles. The fourth-order valence-corrected chi connectivity index (χ4v) is 3.18. The number of hydrogen-bond acceptors (Lipinski definition) is 5. The first-order valence-corrected chi connectivity index (χ1v) is 10.2. The summed E-state index contributed by atoms with van der Waals surface area (Å²) in [6, 6.07) is 15.0. The van der Waals surface area contributed by atoms with Crippen LogP contribution in [0.3, 0.4) is 0 Å². The highest BCUT2D eigenvalue weighted by Crippen LogP contribution is 2.28. The van der Waals surface area contributed by atoms with Gasteiger partial charge in [0.1, 0.15) is 5.82 Å². The summed E-state index contributed by atoms with van der Waals surface area (Å²) in [6.07, 6.45) is 2.40. The maximum atomic E-state index is 11.7. The highest BCUT2D eigenvalue weighted by atomic mass is 35.5. The number of nitrogens with zero attached hydrogens (tertiary/aromatic N) is 2. The van der Waals surface area contributed by atoms with Crippen LogP contribution in [0.25, 0.3) is 11.3 Å². The van der Waals surface area contributed by atoms with Crippen LogP contribution in [-0.2, 0) is 6.42 Å². The summed E-state index contributed by atoms with van der Waals surface area (Å²) in [7, 11) is 0. The summed E-state index contributed by atoms with van der Waals surface area (Å²) in [6.45, 7) is 6.60. The van der Waals surface area contributed by atoms with Gasteiger partial charge in [0, 0.05) is 35.4 Å². The van der Waals surface area contributed by atoms with Crippen molar-refractivity contribution >= 4 is 35.1 Å². The Bertz CT molecular complexity index is 1070. The molecule has 3 aromatic rings. The van der Waals surface area contributed by atoms with Crippen molar-refractivity contribution in [3.63, 3.8) is 0 Å². The number of urea groups is 1. The van der Waals surface area contributed by atoms with E-state index in [1.165, 1.54) is 0 Å². The van der Waals surface area contributed by atoms with E-state index in [2.05, 4.69) is 32.5 Å². The van der Waals surface area contributed by atoms with Gasteiger partial charge in [0.15, 0.2) is 0 Å². The van der Waals surface area contributed by atoms with E-state index in [9.17, 15) is 4.79 Å². The lowest BCUT2D eigenvalue weighted by molar-refractivity contribution is 0.253. The summed E-state index contributed by atoms with van der Waals surface area (Å²) in [5.41, 5.74) is 10.4. The lowest BCUT2D eigenvalue weighted by Gasteiger charge is -2.11. The van der Waals surface area contributed by atoms with Crippen molar-refractivity contribution in [2.24, 2.45) is 0 Å². The van der Waals surface area contributed by atoms with Gasteiger partial charge in [-0.15, -0.1) is 6.58 Å². The zero-order valence-electron chi connectivity index (χ0n) is 17.3. The third-order valence-electron chi connectivity index (χ3n) is 4.63. The summed E-state index contributed by atoms with van der Waals surface area (Å²) in [5.74, 6) is 0.851. The molecule has 0 atom stereocenters. The normalized spacial score (nSPS) is 10.4. The molecule has 8 heteroatoms. The van der Waals surface area contributed by atoms with Crippen molar-refractivity contribution in [1.82, 2.24) is 15.3 Å². The van der Waals surface area contributed by atoms with Crippen molar-refractivity contribution in [1.29, 1.82) is 0 Å². The predicted octanol–water partition coefficient (Wildman–Crippen LogP) is 4.65. The highest BCUT2D eigenvalue weighted by molar-refractivity contribution is 6.31. The zero-order valence-corrected chi connectivity index (χ0v) is 18.0. The predicted molar refractivity (Wildman–Crippen MR) is 127 cm³/mol. The van der Waals surface area contributed by atoms with Crippen molar-refractivity contribution in [3.05, 3.63) is 77.3 Å². The molecular weight excluding hydrogens is 412 g/mol. The Labute approximate surface area is 186 Å². The second-order valence-corrected chi connectivity index (χ2v) is 7.31. The van der Waals surface area contributed by atoms with Gasteiger partial charge in [-0.2, -0.15) is 4.98 Å². The number of benzene rings is 2. The maximum Gasteiger partial charge on any atom is 0.319 e. The maximum absolute atomic E-state index is 11.7. The van der Waals surface area contributed by atoms with Crippen LogP contribution in [0.2, 0.25) is 5.02 Å². The molecular formula is C23H25ClN6O. The molecule has 2 amide bonds. The average molecular weight is 437 g/mol. The van der Waals surface area contributed by atoms with Gasteiger partial charge < -0.3 is 21.7 Å². The molecule has 2 aromatic carbocycles. The molecule has 0 saturated carbocycles. The molecule has 5 N–H and O–H groups in total. The standard InChI is InChI=1S/C23H25ClN6O/c1-3-12-27-23(31)28-17-9-7-16(8-10-17)11-13-26-21-14-20(29-22(25)30-21)18-5-4-6-19(24)15(18)2/h3-10,14H,1,11-13H2,2H3,(H2,27,28,31)(H3,25,26,29,30). The van der Waals surface area contributed by atoms with E-state index >= 15 is 0 Å². The summed E-state index contributed by atoms with van der Waals surface area (Å²) in [4.78, 5) is 20.3. The smallest absolute Gasteiger partial charge is 0.319 e. The van der Waals surface area contributed by atoms with Crippen LogP contribution in [-0.4, -0.2) is 29.1 Å². The molecule has 0 bridgehead atoms. The summed E-state index contributed by atoms with van der Waals surface area (Å²) < 4.78 is 0. The molecule has 0 radical (unpaired) electrons. The third kappa shape index (κ3) is 6.20. The lowest BCUT2D eigenvalue weighted by Crippen LogP contribution is -2.28. The van der Waals surface area contributed by atoms with Crippen LogP contribution in [0.15, 0.2) is 61.2 Å². The molecule has 7 nitrogen and oxygen atoms in total. The minimum Gasteiger partial charge on any atom is -0.370 e. The Morgan fingerprint density at radius 3 is 2.71 bits per heavy atom. The molecule has 160 valence electrons. The van der Waals surface area contributed by atoms with Crippen LogP contribution in [0.1, 0.15) is 11.1 Å². The van der Waals surface area contributed by atoms with Crippen LogP contribution in [0.4, 0.5) is 22.2 Å². The van der Waals surface area contributed by atoms with Crippen molar-refractivity contribution in [2.45, 2.75) is 13.3 Å². The number of carbonyl (C=O) groups is 1. The molecule has 0 unspecified atom stereocenters. The van der Waals surface area contributed by atoms with E-state index in [0.717, 1.165) is 34.5 Å². The molecule has 1 heterocycles. The molecule has 31 heavy (non-hydrogen) atoms. The van der Waals surface area contributed by atoms with E-state index < -0.39 is 0 Å². The van der Waals surface area contributed by atoms with Gasteiger partial charge in [0.25, 0.3) is 0 Å². The van der Waals surface area contributed by atoms with Gasteiger partial charge in [0.2, 0.25) is 5.95 Å². The van der Waals surface area contributed by atoms with Crippen LogP contribution < -0.4 is 21.7 Å². The zero-order chi connectivity index (χ0) is 22.2. The Kier molecular flexibility index (Phi) is 7.45. The second-order valence-electron chi connectivity index (χ2n) is 6.91. The Morgan fingerprint density at radius 1 is 1.19 bits per heavy atom. The second kappa shape index (κ2) is 10.4. The minimum absolute atomic E-state index is 0.199. The number of aromatic nitrogens is 2. The fraction of sp³-hybridized carbons (Fsp3) is 0.174. The van der Waals surface area contributed by atoms with Gasteiger partial charge in [-0.1, -0.05) is 41.9 Å². The summed E-state index contributed by atoms with van der Waals surface area (Å²) >= 11 is 6.24. The molecule has 1 aromatic heterocycles. The molecule has 0 fully saturated rings. The van der Waals surface area contributed by atoms with Crippen molar-refractivity contribution in [3.8, 4) is 11.3 Å². The van der Waals surface area contributed by atoms with Gasteiger partial charge in [-0.25, -0.2) is 9.78 Å². The molecule has 0 spiro atoms. The van der Waals surface area contributed by atoms with Gasteiger partial charge in [-0.05, 0) is 42.7 Å². The number of halogens is 1. The van der Waals surface area contributed by atoms with Gasteiger partial charge in [0.05, 0.1) is 5.69 Å². The van der Waals surface area contributed by atoms with Crippen LogP contribution in [0.5, 0.6) is 0 Å². The topological polar surface area (TPSA) is 105 Å². The first kappa shape index (κ1) is 22.1. The highest BCUT2D eigenvalue weighted by Gasteiger charge is 2.09. The Hall–Kier alpha value is -3.58. The number of nitrogen functional groups attached to an aromatic ring is 1. The Balaban J connectivity index is 1.59. The number of amides is 2. The number of rotatable bonds is 8. The molecule has 3 rings (SSSR count). The number of carbonyl (C=O) groups excluding carboxylic acids is 1. The monoisotopic (exact) mass is 436 g/mol. The average Bonchev–Trinajstić information content (AvgIpc) is 2.75. The number of nitrogens with one attached hydrogen (secondary N) is 3. The fourth-order valence-electron chi connectivity index (χ4n) is 3.01. The Morgan fingerprint density at radius 2 is 1.97 bits per heavy atom. The SMILES string of the molecule is C=CCNC(=O)Nc1ccc(CCNc2cc(-c3cccc(Cl)c3C)nc(N)n2)cc1. The number of anilines is 3. The first-order chi connectivity index (χ1) is 15.0. The number of nitrogens with two attached hydrogens (primary N) is 1. The number of hydrogen-bond donors (Lipinski definition) is 4. The molecule has 0 aliphatic heterocycles. The van der Waals surface area contributed by atoms with Crippen molar-refractivity contribution in [2.75, 3.05) is 29.5 Å². The molecule has 0 aliphatic rings.